The molecule has 5 heteroatoms. The number of ketones is 1. The van der Waals surface area contributed by atoms with Crippen LogP contribution in [0.4, 0.5) is 0 Å². The van der Waals surface area contributed by atoms with Crippen LogP contribution in [0.25, 0.3) is 0 Å². The van der Waals surface area contributed by atoms with E-state index in [2.05, 4.69) is 4.98 Å². The average molecular weight is 356 g/mol. The van der Waals surface area contributed by atoms with E-state index in [-0.39, 0.29) is 24.1 Å². The van der Waals surface area contributed by atoms with E-state index in [9.17, 15) is 14.4 Å². The molecule has 0 saturated heterocycles. The molecule has 132 valence electrons. The molecule has 0 spiro atoms. The topological polar surface area (TPSA) is 67.3 Å². The average Bonchev–Trinajstić information content (AvgIpc) is 2.97. The zero-order chi connectivity index (χ0) is 18.8. The number of aromatic nitrogens is 1. The number of pyridine rings is 1. The summed E-state index contributed by atoms with van der Waals surface area (Å²) < 4.78 is 0. The van der Waals surface area contributed by atoms with Gasteiger partial charge < -0.3 is 0 Å². The second-order valence-electron chi connectivity index (χ2n) is 6.25. The van der Waals surface area contributed by atoms with Crippen LogP contribution >= 0.6 is 0 Å². The van der Waals surface area contributed by atoms with Gasteiger partial charge in [0.25, 0.3) is 11.8 Å². The third-order valence-electron chi connectivity index (χ3n) is 4.62. The van der Waals surface area contributed by atoms with Crippen LogP contribution in [0.2, 0.25) is 0 Å². The van der Waals surface area contributed by atoms with Crippen molar-refractivity contribution >= 4 is 17.6 Å². The smallest absolute Gasteiger partial charge is 0.261 e. The molecule has 0 radical (unpaired) electrons. The SMILES string of the molecule is O=C(c1ccccc1)c1cccnc1CCN1C(=O)c2ccccc2C1=O. The first-order valence-electron chi connectivity index (χ1n) is 8.65. The molecular weight excluding hydrogens is 340 g/mol. The van der Waals surface area contributed by atoms with Gasteiger partial charge in [-0.3, -0.25) is 24.3 Å². The zero-order valence-electron chi connectivity index (χ0n) is 14.5. The summed E-state index contributed by atoms with van der Waals surface area (Å²) in [5, 5.41) is 0. The third kappa shape index (κ3) is 3.04. The fraction of sp³-hybridized carbons (Fsp3) is 0.0909. The molecule has 0 saturated carbocycles. The van der Waals surface area contributed by atoms with Crippen molar-refractivity contribution in [1.29, 1.82) is 0 Å². The summed E-state index contributed by atoms with van der Waals surface area (Å²) in [5.41, 5.74) is 2.48. The molecule has 0 atom stereocenters. The molecule has 5 nitrogen and oxygen atoms in total. The van der Waals surface area contributed by atoms with Gasteiger partial charge in [0.1, 0.15) is 0 Å². The standard InChI is InChI=1S/C22H16N2O3/c25-20(15-7-2-1-3-8-15)18-11-6-13-23-19(18)12-14-24-21(26)16-9-4-5-10-17(16)22(24)27/h1-11,13H,12,14H2. The third-order valence-corrected chi connectivity index (χ3v) is 4.62. The van der Waals surface area contributed by atoms with Crippen LogP contribution in [0, 0.1) is 0 Å². The van der Waals surface area contributed by atoms with Crippen molar-refractivity contribution in [2.75, 3.05) is 6.54 Å². The van der Waals surface area contributed by atoms with Gasteiger partial charge in [-0.25, -0.2) is 0 Å². The first-order valence-corrected chi connectivity index (χ1v) is 8.65. The second kappa shape index (κ2) is 6.96. The van der Waals surface area contributed by atoms with Crippen molar-refractivity contribution in [2.24, 2.45) is 0 Å². The number of carbonyl (C=O) groups excluding carboxylic acids is 3. The maximum Gasteiger partial charge on any atom is 0.261 e. The molecule has 3 aromatic rings. The van der Waals surface area contributed by atoms with Crippen molar-refractivity contribution in [2.45, 2.75) is 6.42 Å². The summed E-state index contributed by atoms with van der Waals surface area (Å²) in [7, 11) is 0. The van der Waals surface area contributed by atoms with Crippen molar-refractivity contribution in [3.05, 3.63) is 101 Å². The van der Waals surface area contributed by atoms with Crippen LogP contribution in [0.5, 0.6) is 0 Å². The highest BCUT2D eigenvalue weighted by molar-refractivity contribution is 6.21. The quantitative estimate of drug-likeness (QED) is 0.520. The maximum absolute atomic E-state index is 12.8. The number of amides is 2. The van der Waals surface area contributed by atoms with E-state index in [1.165, 1.54) is 4.90 Å². The van der Waals surface area contributed by atoms with Gasteiger partial charge in [-0.15, -0.1) is 0 Å². The molecule has 0 unspecified atom stereocenters. The van der Waals surface area contributed by atoms with E-state index in [0.717, 1.165) is 0 Å². The Hall–Kier alpha value is -3.60. The molecule has 0 N–H and O–H groups in total. The van der Waals surface area contributed by atoms with Crippen molar-refractivity contribution in [3.8, 4) is 0 Å². The van der Waals surface area contributed by atoms with Gasteiger partial charge in [-0.1, -0.05) is 42.5 Å². The number of benzene rings is 2. The first kappa shape index (κ1) is 16.8. The van der Waals surface area contributed by atoms with Crippen LogP contribution in [-0.4, -0.2) is 34.0 Å². The molecule has 0 fully saturated rings. The highest BCUT2D eigenvalue weighted by Gasteiger charge is 2.34. The fourth-order valence-electron chi connectivity index (χ4n) is 3.25. The van der Waals surface area contributed by atoms with Gasteiger partial charge in [-0.05, 0) is 24.3 Å². The summed E-state index contributed by atoms with van der Waals surface area (Å²) in [5.74, 6) is -0.731. The van der Waals surface area contributed by atoms with Crippen LogP contribution in [0.15, 0.2) is 72.9 Å². The minimum absolute atomic E-state index is 0.124. The molecule has 2 heterocycles. The number of hydrogen-bond acceptors (Lipinski definition) is 4. The van der Waals surface area contributed by atoms with E-state index in [0.29, 0.717) is 34.4 Å². The van der Waals surface area contributed by atoms with E-state index < -0.39 is 0 Å². The monoisotopic (exact) mass is 356 g/mol. The van der Waals surface area contributed by atoms with E-state index in [4.69, 9.17) is 0 Å². The second-order valence-corrected chi connectivity index (χ2v) is 6.25. The Bertz CT molecular complexity index is 1010. The number of fused-ring (bicyclic) bond motifs is 1. The lowest BCUT2D eigenvalue weighted by molar-refractivity contribution is 0.0656. The number of carbonyl (C=O) groups is 3. The Balaban J connectivity index is 1.56. The lowest BCUT2D eigenvalue weighted by atomic mass is 10.0. The molecule has 1 aliphatic rings. The summed E-state index contributed by atoms with van der Waals surface area (Å²) in [4.78, 5) is 43.3. The van der Waals surface area contributed by atoms with Gasteiger partial charge in [0.05, 0.1) is 16.8 Å². The normalized spacial score (nSPS) is 13.0. The number of rotatable bonds is 5. The van der Waals surface area contributed by atoms with Crippen LogP contribution in [0.1, 0.15) is 42.3 Å². The maximum atomic E-state index is 12.8. The Kier molecular flexibility index (Phi) is 4.34. The molecular formula is C22H16N2O3. The van der Waals surface area contributed by atoms with Gasteiger partial charge in [-0.2, -0.15) is 0 Å². The minimum atomic E-state index is -0.303. The largest absolute Gasteiger partial charge is 0.289 e. The first-order chi connectivity index (χ1) is 13.2. The van der Waals surface area contributed by atoms with Gasteiger partial charge in [0.2, 0.25) is 0 Å². The number of hydrogen-bond donors (Lipinski definition) is 0. The highest BCUT2D eigenvalue weighted by atomic mass is 16.2. The summed E-state index contributed by atoms with van der Waals surface area (Å²) >= 11 is 0. The Labute approximate surface area is 156 Å². The highest BCUT2D eigenvalue weighted by Crippen LogP contribution is 2.23. The summed E-state index contributed by atoms with van der Waals surface area (Å²) in [6, 6.07) is 19.2. The molecule has 4 rings (SSSR count). The van der Waals surface area contributed by atoms with Crippen molar-refractivity contribution in [3.63, 3.8) is 0 Å². The molecule has 0 aliphatic carbocycles. The minimum Gasteiger partial charge on any atom is -0.289 e. The predicted molar refractivity (Wildman–Crippen MR) is 99.6 cm³/mol. The predicted octanol–water partition coefficient (Wildman–Crippen LogP) is 3.15. The van der Waals surface area contributed by atoms with Gasteiger partial charge >= 0.3 is 0 Å². The molecule has 1 aliphatic heterocycles. The molecule has 27 heavy (non-hydrogen) atoms. The number of nitrogens with zero attached hydrogens (tertiary/aromatic N) is 2. The van der Waals surface area contributed by atoms with Crippen LogP contribution in [-0.2, 0) is 6.42 Å². The molecule has 2 aromatic carbocycles. The van der Waals surface area contributed by atoms with Crippen LogP contribution < -0.4 is 0 Å². The molecule has 1 aromatic heterocycles. The Morgan fingerprint density at radius 1 is 0.815 bits per heavy atom. The Morgan fingerprint density at radius 2 is 1.44 bits per heavy atom. The molecule has 2 amide bonds. The number of imide groups is 1. The van der Waals surface area contributed by atoms with Crippen molar-refractivity contribution < 1.29 is 14.4 Å². The lowest BCUT2D eigenvalue weighted by Gasteiger charge is -2.14. The lowest BCUT2D eigenvalue weighted by Crippen LogP contribution is -2.32. The Morgan fingerprint density at radius 3 is 2.11 bits per heavy atom. The van der Waals surface area contributed by atoms with Gasteiger partial charge in [0.15, 0.2) is 5.78 Å². The van der Waals surface area contributed by atoms with Gasteiger partial charge in [0, 0.05) is 30.3 Å². The summed E-state index contributed by atoms with van der Waals surface area (Å²) in [6.45, 7) is 0.179. The van der Waals surface area contributed by atoms with Crippen molar-refractivity contribution in [1.82, 2.24) is 9.88 Å². The fourth-order valence-corrected chi connectivity index (χ4v) is 3.25. The van der Waals surface area contributed by atoms with Crippen LogP contribution in [0.3, 0.4) is 0 Å². The van der Waals surface area contributed by atoms with E-state index >= 15 is 0 Å². The molecule has 0 bridgehead atoms. The zero-order valence-corrected chi connectivity index (χ0v) is 14.5. The van der Waals surface area contributed by atoms with E-state index in [1.54, 1.807) is 54.7 Å². The van der Waals surface area contributed by atoms with E-state index in [1.807, 2.05) is 18.2 Å². The summed E-state index contributed by atoms with van der Waals surface area (Å²) in [6.07, 6.45) is 1.93.